The Hall–Kier alpha value is -2.12. The second-order valence-corrected chi connectivity index (χ2v) is 7.81. The maximum Gasteiger partial charge on any atom is 0.113 e. The molecular formula is C22H27N3O. The quantitative estimate of drug-likeness (QED) is 0.768. The van der Waals surface area contributed by atoms with Crippen molar-refractivity contribution in [1.82, 2.24) is 15.0 Å². The van der Waals surface area contributed by atoms with Crippen molar-refractivity contribution in [2.75, 3.05) is 6.61 Å². The first-order valence-corrected chi connectivity index (χ1v) is 9.86. The fraction of sp³-hybridized carbons (Fsp3) is 0.545. The maximum absolute atomic E-state index is 5.82. The number of aromatic nitrogens is 3. The molecule has 1 aliphatic carbocycles. The summed E-state index contributed by atoms with van der Waals surface area (Å²) in [6, 6.07) is 6.48. The number of ether oxygens (including phenoxy) is 1. The van der Waals surface area contributed by atoms with Crippen LogP contribution in [0, 0.1) is 17.8 Å². The minimum atomic E-state index is 0.267. The molecule has 1 atom stereocenters. The van der Waals surface area contributed by atoms with Crippen LogP contribution < -0.4 is 0 Å². The van der Waals surface area contributed by atoms with Gasteiger partial charge in [-0.15, -0.1) is 5.10 Å². The lowest BCUT2D eigenvalue weighted by Crippen LogP contribution is -2.24. The largest absolute Gasteiger partial charge is 0.376 e. The Kier molecular flexibility index (Phi) is 5.08. The highest BCUT2D eigenvalue weighted by Crippen LogP contribution is 2.30. The van der Waals surface area contributed by atoms with E-state index in [1.165, 1.54) is 31.2 Å². The molecule has 26 heavy (non-hydrogen) atoms. The van der Waals surface area contributed by atoms with E-state index >= 15 is 0 Å². The lowest BCUT2D eigenvalue weighted by molar-refractivity contribution is 0.00370. The molecule has 4 heteroatoms. The van der Waals surface area contributed by atoms with Crippen LogP contribution in [0.1, 0.15) is 63.0 Å². The molecule has 136 valence electrons. The van der Waals surface area contributed by atoms with Gasteiger partial charge in [-0.25, -0.2) is 4.68 Å². The summed E-state index contributed by atoms with van der Waals surface area (Å²) in [7, 11) is 0. The zero-order chi connectivity index (χ0) is 17.9. The average Bonchev–Trinajstić information content (AvgIpc) is 3.38. The molecule has 0 unspecified atom stereocenters. The van der Waals surface area contributed by atoms with Crippen LogP contribution in [-0.2, 0) is 11.3 Å². The molecule has 0 radical (unpaired) electrons. The van der Waals surface area contributed by atoms with Crippen LogP contribution in [0.2, 0.25) is 0 Å². The molecule has 0 amide bonds. The van der Waals surface area contributed by atoms with Gasteiger partial charge in [0.05, 0.1) is 18.8 Å². The van der Waals surface area contributed by atoms with Crippen molar-refractivity contribution >= 4 is 0 Å². The van der Waals surface area contributed by atoms with Crippen molar-refractivity contribution in [1.29, 1.82) is 0 Å². The molecule has 1 aromatic heterocycles. The molecule has 2 aromatic rings. The Labute approximate surface area is 155 Å². The van der Waals surface area contributed by atoms with Crippen molar-refractivity contribution in [3.63, 3.8) is 0 Å². The van der Waals surface area contributed by atoms with Crippen molar-refractivity contribution in [2.24, 2.45) is 5.92 Å². The van der Waals surface area contributed by atoms with Crippen molar-refractivity contribution < 1.29 is 4.74 Å². The van der Waals surface area contributed by atoms with Crippen molar-refractivity contribution in [3.05, 3.63) is 35.5 Å². The minimum absolute atomic E-state index is 0.267. The van der Waals surface area contributed by atoms with Crippen LogP contribution in [0.3, 0.4) is 0 Å². The molecule has 0 N–H and O–H groups in total. The van der Waals surface area contributed by atoms with Crippen LogP contribution in [0.25, 0.3) is 11.3 Å². The minimum Gasteiger partial charge on any atom is -0.376 e. The van der Waals surface area contributed by atoms with E-state index in [1.54, 1.807) is 0 Å². The van der Waals surface area contributed by atoms with E-state index in [4.69, 9.17) is 4.74 Å². The van der Waals surface area contributed by atoms with E-state index < -0.39 is 0 Å². The third kappa shape index (κ3) is 4.16. The molecule has 2 aliphatic rings. The van der Waals surface area contributed by atoms with Gasteiger partial charge in [-0.1, -0.05) is 37.0 Å². The van der Waals surface area contributed by atoms with Gasteiger partial charge in [0.1, 0.15) is 5.69 Å². The zero-order valence-electron chi connectivity index (χ0n) is 15.7. The SMILES string of the molecule is CC(C)c1cc(C#CC2CC2)ccc1-c1cn(C[C@H]2CCCCO2)nn1. The average molecular weight is 349 g/mol. The lowest BCUT2D eigenvalue weighted by atomic mass is 9.93. The summed E-state index contributed by atoms with van der Waals surface area (Å²) in [5, 5.41) is 8.77. The summed E-state index contributed by atoms with van der Waals surface area (Å²) >= 11 is 0. The number of hydrogen-bond acceptors (Lipinski definition) is 3. The van der Waals surface area contributed by atoms with Gasteiger partial charge in [0.15, 0.2) is 0 Å². The third-order valence-corrected chi connectivity index (χ3v) is 5.15. The van der Waals surface area contributed by atoms with E-state index in [2.05, 4.69) is 60.4 Å². The molecule has 1 aromatic carbocycles. The van der Waals surface area contributed by atoms with Crippen molar-refractivity contribution in [2.45, 2.75) is 64.5 Å². The Bertz CT molecular complexity index is 817. The van der Waals surface area contributed by atoms with Gasteiger partial charge in [0.25, 0.3) is 0 Å². The molecule has 1 saturated carbocycles. The molecule has 0 spiro atoms. The third-order valence-electron chi connectivity index (χ3n) is 5.15. The fourth-order valence-electron chi connectivity index (χ4n) is 3.44. The van der Waals surface area contributed by atoms with Crippen LogP contribution in [0.4, 0.5) is 0 Å². The standard InChI is InChI=1S/C22H27N3O/c1-16(2)21-13-18(9-8-17-6-7-17)10-11-20(21)22-15-25(24-23-22)14-19-5-3-4-12-26-19/h10-11,13,15-17,19H,3-7,12,14H2,1-2H3/t19-/m1/s1. The molecule has 1 saturated heterocycles. The number of rotatable bonds is 4. The monoisotopic (exact) mass is 349 g/mol. The smallest absolute Gasteiger partial charge is 0.113 e. The van der Waals surface area contributed by atoms with Crippen LogP contribution in [0.15, 0.2) is 24.4 Å². The molecule has 2 heterocycles. The number of benzene rings is 1. The summed E-state index contributed by atoms with van der Waals surface area (Å²) in [5.41, 5.74) is 4.49. The molecule has 4 nitrogen and oxygen atoms in total. The first kappa shape index (κ1) is 17.3. The van der Waals surface area contributed by atoms with E-state index in [0.717, 1.165) is 36.4 Å². The van der Waals surface area contributed by atoms with E-state index in [-0.39, 0.29) is 6.10 Å². The fourth-order valence-corrected chi connectivity index (χ4v) is 3.44. The maximum atomic E-state index is 5.82. The molecule has 2 fully saturated rings. The Morgan fingerprint density at radius 2 is 2.12 bits per heavy atom. The summed E-state index contributed by atoms with van der Waals surface area (Å²) < 4.78 is 7.75. The first-order chi connectivity index (χ1) is 12.7. The molecule has 0 bridgehead atoms. The highest BCUT2D eigenvalue weighted by Gasteiger charge is 2.19. The normalized spacial score (nSPS) is 20.0. The second kappa shape index (κ2) is 7.63. The Morgan fingerprint density at radius 1 is 1.23 bits per heavy atom. The van der Waals surface area contributed by atoms with Gasteiger partial charge in [0.2, 0.25) is 0 Å². The van der Waals surface area contributed by atoms with Gasteiger partial charge >= 0.3 is 0 Å². The van der Waals surface area contributed by atoms with Gasteiger partial charge in [-0.3, -0.25) is 0 Å². The highest BCUT2D eigenvalue weighted by atomic mass is 16.5. The lowest BCUT2D eigenvalue weighted by Gasteiger charge is -2.21. The molecule has 4 rings (SSSR count). The molecular weight excluding hydrogens is 322 g/mol. The van der Waals surface area contributed by atoms with E-state index in [1.807, 2.05) is 4.68 Å². The highest BCUT2D eigenvalue weighted by molar-refractivity contribution is 5.65. The predicted molar refractivity (Wildman–Crippen MR) is 103 cm³/mol. The number of nitrogens with zero attached hydrogens (tertiary/aromatic N) is 3. The van der Waals surface area contributed by atoms with Gasteiger partial charge in [-0.2, -0.15) is 0 Å². The summed E-state index contributed by atoms with van der Waals surface area (Å²) in [4.78, 5) is 0. The van der Waals surface area contributed by atoms with E-state index in [9.17, 15) is 0 Å². The van der Waals surface area contributed by atoms with Gasteiger partial charge < -0.3 is 4.74 Å². The Balaban J connectivity index is 1.55. The van der Waals surface area contributed by atoms with Gasteiger partial charge in [-0.05, 0) is 55.7 Å². The number of hydrogen-bond donors (Lipinski definition) is 0. The van der Waals surface area contributed by atoms with Crippen LogP contribution in [-0.4, -0.2) is 27.7 Å². The van der Waals surface area contributed by atoms with Crippen molar-refractivity contribution in [3.8, 4) is 23.1 Å². The van der Waals surface area contributed by atoms with Crippen LogP contribution in [0.5, 0.6) is 0 Å². The first-order valence-electron chi connectivity index (χ1n) is 9.86. The summed E-state index contributed by atoms with van der Waals surface area (Å²) in [6.45, 7) is 6.09. The summed E-state index contributed by atoms with van der Waals surface area (Å²) in [5.74, 6) is 7.72. The predicted octanol–water partition coefficient (Wildman–Crippen LogP) is 4.40. The van der Waals surface area contributed by atoms with E-state index in [0.29, 0.717) is 11.8 Å². The molecule has 1 aliphatic heterocycles. The Morgan fingerprint density at radius 3 is 2.85 bits per heavy atom. The zero-order valence-corrected chi connectivity index (χ0v) is 15.7. The van der Waals surface area contributed by atoms with Gasteiger partial charge in [0, 0.05) is 23.7 Å². The van der Waals surface area contributed by atoms with Crippen LogP contribution >= 0.6 is 0 Å². The summed E-state index contributed by atoms with van der Waals surface area (Å²) in [6.07, 6.45) is 8.37. The topological polar surface area (TPSA) is 39.9 Å². The second-order valence-electron chi connectivity index (χ2n) is 7.81.